The Morgan fingerprint density at radius 1 is 1.75 bits per heavy atom. The molecule has 2 rings (SSSR count). The van der Waals surface area contributed by atoms with Crippen LogP contribution in [0.25, 0.3) is 0 Å². The van der Waals surface area contributed by atoms with Gasteiger partial charge in [-0.3, -0.25) is 0 Å². The molecule has 16 heavy (non-hydrogen) atoms. The average Bonchev–Trinajstić information content (AvgIpc) is 2.62. The lowest BCUT2D eigenvalue weighted by molar-refractivity contribution is 0.0532. The summed E-state index contributed by atoms with van der Waals surface area (Å²) in [7, 11) is 0. The molecule has 2 N–H and O–H groups in total. The number of thiophene rings is 1. The fourth-order valence-corrected chi connectivity index (χ4v) is 2.19. The van der Waals surface area contributed by atoms with Gasteiger partial charge in [-0.15, -0.1) is 0 Å². The normalized spacial score (nSPS) is 18.4. The van der Waals surface area contributed by atoms with Crippen LogP contribution in [0.2, 0.25) is 0 Å². The maximum absolute atomic E-state index is 11.5. The minimum absolute atomic E-state index is 0.249. The van der Waals surface area contributed by atoms with E-state index in [1.165, 1.54) is 11.3 Å². The van der Waals surface area contributed by atoms with Gasteiger partial charge < -0.3 is 15.2 Å². The number of hydrogen-bond donors (Lipinski definition) is 1. The minimum atomic E-state index is -0.355. The van der Waals surface area contributed by atoms with Crippen LogP contribution >= 0.6 is 11.3 Å². The van der Waals surface area contributed by atoms with Crippen molar-refractivity contribution in [1.29, 1.82) is 0 Å². The summed E-state index contributed by atoms with van der Waals surface area (Å²) in [5.41, 5.74) is 6.25. The summed E-state index contributed by atoms with van der Waals surface area (Å²) in [6.45, 7) is 3.93. The Kier molecular flexibility index (Phi) is 2.82. The highest BCUT2D eigenvalue weighted by molar-refractivity contribution is 7.16. The van der Waals surface area contributed by atoms with Crippen molar-refractivity contribution >= 4 is 28.8 Å². The Bertz CT molecular complexity index is 453. The van der Waals surface area contributed by atoms with E-state index in [4.69, 9.17) is 15.2 Å². The third-order valence-corrected chi connectivity index (χ3v) is 3.10. The Labute approximate surface area is 96.9 Å². The van der Waals surface area contributed by atoms with Crippen molar-refractivity contribution in [2.24, 2.45) is 10.7 Å². The molecule has 1 aliphatic heterocycles. The van der Waals surface area contributed by atoms with Gasteiger partial charge in [0, 0.05) is 0 Å². The van der Waals surface area contributed by atoms with Gasteiger partial charge in [-0.1, -0.05) is 11.3 Å². The molecule has 1 aliphatic rings. The van der Waals surface area contributed by atoms with Gasteiger partial charge in [-0.2, -0.15) is 0 Å². The first-order chi connectivity index (χ1) is 7.61. The van der Waals surface area contributed by atoms with Gasteiger partial charge >= 0.3 is 5.97 Å². The Morgan fingerprint density at radius 3 is 3.19 bits per heavy atom. The van der Waals surface area contributed by atoms with Crippen molar-refractivity contribution in [2.75, 3.05) is 6.61 Å². The van der Waals surface area contributed by atoms with Gasteiger partial charge in [-0.05, 0) is 19.9 Å². The predicted octanol–water partition coefficient (Wildman–Crippen LogP) is 1.69. The van der Waals surface area contributed by atoms with Crippen LogP contribution in [0, 0.1) is 0 Å². The van der Waals surface area contributed by atoms with E-state index in [0.29, 0.717) is 28.1 Å². The molecule has 1 aromatic rings. The van der Waals surface area contributed by atoms with Gasteiger partial charge in [0.05, 0.1) is 6.61 Å². The van der Waals surface area contributed by atoms with E-state index in [0.717, 1.165) is 0 Å². The highest BCUT2D eigenvalue weighted by Gasteiger charge is 2.23. The van der Waals surface area contributed by atoms with Crippen molar-refractivity contribution < 1.29 is 14.3 Å². The molecule has 2 heterocycles. The van der Waals surface area contributed by atoms with Gasteiger partial charge in [-0.25, -0.2) is 9.79 Å². The smallest absolute Gasteiger partial charge is 0.348 e. The van der Waals surface area contributed by atoms with Gasteiger partial charge in [0.15, 0.2) is 6.10 Å². The summed E-state index contributed by atoms with van der Waals surface area (Å²) in [6, 6.07) is 1.64. The number of esters is 1. The van der Waals surface area contributed by atoms with E-state index in [1.807, 2.05) is 6.92 Å². The third kappa shape index (κ3) is 1.88. The van der Waals surface area contributed by atoms with Crippen LogP contribution in [0.3, 0.4) is 0 Å². The van der Waals surface area contributed by atoms with Crippen molar-refractivity contribution in [2.45, 2.75) is 20.0 Å². The summed E-state index contributed by atoms with van der Waals surface area (Å²) < 4.78 is 10.4. The van der Waals surface area contributed by atoms with Gasteiger partial charge in [0.2, 0.25) is 5.06 Å². The zero-order chi connectivity index (χ0) is 11.7. The molecule has 1 aromatic heterocycles. The Balaban J connectivity index is 2.29. The largest absolute Gasteiger partial charge is 0.471 e. The summed E-state index contributed by atoms with van der Waals surface area (Å²) >= 11 is 1.23. The monoisotopic (exact) mass is 240 g/mol. The number of carbonyl (C=O) groups excluding carboxylic acids is 1. The van der Waals surface area contributed by atoms with E-state index in [9.17, 15) is 4.79 Å². The molecule has 6 heteroatoms. The van der Waals surface area contributed by atoms with Crippen LogP contribution < -0.4 is 10.5 Å². The standard InChI is InChI=1S/C10H12N2O3S/c1-3-14-9(13)7-4-6-10(16-7)15-5(2)8(11)12-6/h4-5H,3H2,1-2H3,(H2,11,12). The number of rotatable bonds is 2. The van der Waals surface area contributed by atoms with E-state index in [2.05, 4.69) is 4.99 Å². The molecule has 1 atom stereocenters. The summed E-state index contributed by atoms with van der Waals surface area (Å²) in [6.07, 6.45) is -0.249. The Hall–Kier alpha value is -1.56. The van der Waals surface area contributed by atoms with E-state index >= 15 is 0 Å². The molecule has 0 bridgehead atoms. The molecule has 0 amide bonds. The number of nitrogens with two attached hydrogens (primary N) is 1. The molecule has 0 saturated heterocycles. The first-order valence-corrected chi connectivity index (χ1v) is 5.75. The number of amidine groups is 1. The molecule has 0 fully saturated rings. The second-order valence-corrected chi connectivity index (χ2v) is 4.32. The highest BCUT2D eigenvalue weighted by Crippen LogP contribution is 2.40. The van der Waals surface area contributed by atoms with Crippen LogP contribution in [0.15, 0.2) is 11.1 Å². The van der Waals surface area contributed by atoms with Crippen LogP contribution in [-0.4, -0.2) is 24.5 Å². The molecular weight excluding hydrogens is 228 g/mol. The average molecular weight is 240 g/mol. The first kappa shape index (κ1) is 10.9. The fraction of sp³-hybridized carbons (Fsp3) is 0.400. The van der Waals surface area contributed by atoms with Gasteiger partial charge in [0.1, 0.15) is 16.4 Å². The summed E-state index contributed by atoms with van der Waals surface area (Å²) in [4.78, 5) is 16.1. The quantitative estimate of drug-likeness (QED) is 0.798. The predicted molar refractivity (Wildman–Crippen MR) is 61.6 cm³/mol. The lowest BCUT2D eigenvalue weighted by Gasteiger charge is -2.17. The zero-order valence-corrected chi connectivity index (χ0v) is 9.84. The first-order valence-electron chi connectivity index (χ1n) is 4.93. The van der Waals surface area contributed by atoms with E-state index in [-0.39, 0.29) is 12.1 Å². The Morgan fingerprint density at radius 2 is 2.50 bits per heavy atom. The molecule has 0 radical (unpaired) electrons. The lowest BCUT2D eigenvalue weighted by Crippen LogP contribution is -2.32. The van der Waals surface area contributed by atoms with Crippen LogP contribution in [0.1, 0.15) is 23.5 Å². The zero-order valence-electron chi connectivity index (χ0n) is 9.02. The van der Waals surface area contributed by atoms with Crippen molar-refractivity contribution in [3.63, 3.8) is 0 Å². The fourth-order valence-electron chi connectivity index (χ4n) is 1.28. The maximum Gasteiger partial charge on any atom is 0.348 e. The number of fused-ring (bicyclic) bond motifs is 1. The molecule has 0 aromatic carbocycles. The third-order valence-electron chi connectivity index (χ3n) is 2.11. The number of carbonyl (C=O) groups is 1. The molecule has 5 nitrogen and oxygen atoms in total. The topological polar surface area (TPSA) is 73.9 Å². The van der Waals surface area contributed by atoms with E-state index in [1.54, 1.807) is 13.0 Å². The number of aliphatic imine (C=N–C) groups is 1. The molecule has 0 saturated carbocycles. The summed E-state index contributed by atoms with van der Waals surface area (Å²) in [5, 5.41) is 0.616. The molecule has 0 aliphatic carbocycles. The van der Waals surface area contributed by atoms with Crippen molar-refractivity contribution in [3.8, 4) is 5.06 Å². The van der Waals surface area contributed by atoms with Crippen LogP contribution in [0.4, 0.5) is 5.69 Å². The van der Waals surface area contributed by atoms with E-state index < -0.39 is 0 Å². The second-order valence-electron chi connectivity index (χ2n) is 3.30. The molecule has 86 valence electrons. The SMILES string of the molecule is CCOC(=O)c1cc2c(s1)OC(C)C(N)=N2. The van der Waals surface area contributed by atoms with Crippen LogP contribution in [0.5, 0.6) is 5.06 Å². The van der Waals surface area contributed by atoms with Crippen molar-refractivity contribution in [3.05, 3.63) is 10.9 Å². The summed E-state index contributed by atoms with van der Waals surface area (Å²) in [5.74, 6) is 0.0626. The van der Waals surface area contributed by atoms with Crippen molar-refractivity contribution in [1.82, 2.24) is 0 Å². The van der Waals surface area contributed by atoms with Gasteiger partial charge in [0.25, 0.3) is 0 Å². The molecular formula is C10H12N2O3S. The number of ether oxygens (including phenoxy) is 2. The van der Waals surface area contributed by atoms with Crippen LogP contribution in [-0.2, 0) is 4.74 Å². The lowest BCUT2D eigenvalue weighted by atomic mass is 10.3. The number of nitrogens with zero attached hydrogens (tertiary/aromatic N) is 1. The maximum atomic E-state index is 11.5. The molecule has 0 spiro atoms. The second kappa shape index (κ2) is 4.13. The minimum Gasteiger partial charge on any atom is -0.471 e. The number of hydrogen-bond acceptors (Lipinski definition) is 6. The molecule has 1 unspecified atom stereocenters. The highest BCUT2D eigenvalue weighted by atomic mass is 32.1.